The molecule has 0 heterocycles. The summed E-state index contributed by atoms with van der Waals surface area (Å²) in [4.78, 5) is 0. The van der Waals surface area contributed by atoms with Crippen molar-refractivity contribution in [2.75, 3.05) is 0 Å². The van der Waals surface area contributed by atoms with E-state index in [0.29, 0.717) is 0 Å². The summed E-state index contributed by atoms with van der Waals surface area (Å²) in [5, 5.41) is 1.45. The minimum absolute atomic E-state index is 1.10. The second kappa shape index (κ2) is 4.76. The highest BCUT2D eigenvalue weighted by Crippen LogP contribution is 2.05. The molecule has 0 aromatic heterocycles. The molecule has 0 radical (unpaired) electrons. The molecule has 1 heteroatoms. The highest BCUT2D eigenvalue weighted by atomic mass is 28.1. The number of benzene rings is 2. The van der Waals surface area contributed by atoms with Crippen LogP contribution < -0.4 is 5.19 Å². The van der Waals surface area contributed by atoms with E-state index in [-0.39, 0.29) is 0 Å². The summed E-state index contributed by atoms with van der Waals surface area (Å²) in [7, 11) is 1.10. The van der Waals surface area contributed by atoms with Gasteiger partial charge in [0.25, 0.3) is 0 Å². The predicted octanol–water partition coefficient (Wildman–Crippen LogP) is 1.85. The molecule has 0 amide bonds. The van der Waals surface area contributed by atoms with Crippen molar-refractivity contribution in [1.29, 1.82) is 0 Å². The van der Waals surface area contributed by atoms with E-state index in [9.17, 15) is 0 Å². The van der Waals surface area contributed by atoms with Crippen LogP contribution in [0.25, 0.3) is 12.2 Å². The van der Waals surface area contributed by atoms with Gasteiger partial charge >= 0.3 is 0 Å². The summed E-state index contributed by atoms with van der Waals surface area (Å²) in [6.07, 6.45) is 4.36. The summed E-state index contributed by atoms with van der Waals surface area (Å²) in [6, 6.07) is 18.9. The minimum Gasteiger partial charge on any atom is -0.0637 e. The second-order valence-corrected chi connectivity index (χ2v) is 4.68. The molecule has 2 rings (SSSR count). The molecule has 2 aromatic carbocycles. The Labute approximate surface area is 93.7 Å². The van der Waals surface area contributed by atoms with Gasteiger partial charge in [-0.2, -0.15) is 0 Å². The Hall–Kier alpha value is -1.60. The van der Waals surface area contributed by atoms with Crippen LogP contribution >= 0.6 is 0 Å². The van der Waals surface area contributed by atoms with Crippen molar-refractivity contribution >= 4 is 27.6 Å². The Bertz CT molecular complexity index is 458. The molecule has 0 aliphatic heterocycles. The highest BCUT2D eigenvalue weighted by Gasteiger charge is 1.90. The van der Waals surface area contributed by atoms with Crippen molar-refractivity contribution in [3.63, 3.8) is 0 Å². The van der Waals surface area contributed by atoms with Crippen molar-refractivity contribution in [2.45, 2.75) is 0 Å². The molecule has 2 aromatic rings. The Morgan fingerprint density at radius 3 is 2.13 bits per heavy atom. The lowest BCUT2D eigenvalue weighted by Gasteiger charge is -1.98. The van der Waals surface area contributed by atoms with Gasteiger partial charge < -0.3 is 0 Å². The van der Waals surface area contributed by atoms with Crippen LogP contribution in [0.3, 0.4) is 0 Å². The van der Waals surface area contributed by atoms with Crippen LogP contribution in [0, 0.1) is 0 Å². The van der Waals surface area contributed by atoms with E-state index in [1.54, 1.807) is 0 Å². The average molecular weight is 210 g/mol. The molecular formula is C14H14Si. The van der Waals surface area contributed by atoms with Crippen LogP contribution in [-0.4, -0.2) is 10.2 Å². The second-order valence-electron chi connectivity index (χ2n) is 3.60. The largest absolute Gasteiger partial charge is 0.0637 e. The summed E-state index contributed by atoms with van der Waals surface area (Å²) in [6.45, 7) is 0. The first-order valence-electron chi connectivity index (χ1n) is 5.15. The van der Waals surface area contributed by atoms with E-state index in [4.69, 9.17) is 0 Å². The molecule has 0 saturated heterocycles. The summed E-state index contributed by atoms with van der Waals surface area (Å²) < 4.78 is 0. The third-order valence-corrected chi connectivity index (χ3v) is 3.35. The molecule has 15 heavy (non-hydrogen) atoms. The summed E-state index contributed by atoms with van der Waals surface area (Å²) in [5.74, 6) is 0. The standard InChI is InChI=1S/C14H14Si/c15-14-9-5-4-8-13(14)11-10-12-6-2-1-3-7-12/h1-11H,15H3/b11-10-. The van der Waals surface area contributed by atoms with Crippen LogP contribution in [0.5, 0.6) is 0 Å². The van der Waals surface area contributed by atoms with Crippen molar-refractivity contribution in [3.05, 3.63) is 65.7 Å². The Kier molecular flexibility index (Phi) is 3.15. The normalized spacial score (nSPS) is 10.9. The van der Waals surface area contributed by atoms with Gasteiger partial charge in [0.05, 0.1) is 0 Å². The average Bonchev–Trinajstić information content (AvgIpc) is 2.29. The van der Waals surface area contributed by atoms with Crippen LogP contribution in [0.2, 0.25) is 0 Å². The van der Waals surface area contributed by atoms with Gasteiger partial charge in [0, 0.05) is 10.2 Å². The Balaban J connectivity index is 2.23. The first kappa shape index (κ1) is 9.93. The molecule has 0 nitrogen and oxygen atoms in total. The van der Waals surface area contributed by atoms with Crippen LogP contribution in [0.4, 0.5) is 0 Å². The van der Waals surface area contributed by atoms with E-state index in [2.05, 4.69) is 60.7 Å². The maximum absolute atomic E-state index is 2.19. The quantitative estimate of drug-likeness (QED) is 0.524. The molecule has 0 bridgehead atoms. The number of rotatable bonds is 2. The number of hydrogen-bond donors (Lipinski definition) is 0. The molecule has 0 aliphatic rings. The molecular weight excluding hydrogens is 196 g/mol. The smallest absolute Gasteiger partial charge is 0.0392 e. The zero-order chi connectivity index (χ0) is 10.5. The van der Waals surface area contributed by atoms with Gasteiger partial charge in [0.1, 0.15) is 0 Å². The van der Waals surface area contributed by atoms with Gasteiger partial charge in [-0.1, -0.05) is 71.9 Å². The maximum Gasteiger partial charge on any atom is 0.0392 e. The van der Waals surface area contributed by atoms with Gasteiger partial charge in [-0.15, -0.1) is 0 Å². The lowest BCUT2D eigenvalue weighted by atomic mass is 10.1. The fourth-order valence-electron chi connectivity index (χ4n) is 1.52. The van der Waals surface area contributed by atoms with Crippen molar-refractivity contribution < 1.29 is 0 Å². The van der Waals surface area contributed by atoms with Crippen LogP contribution in [-0.2, 0) is 0 Å². The van der Waals surface area contributed by atoms with Crippen molar-refractivity contribution in [1.82, 2.24) is 0 Å². The van der Waals surface area contributed by atoms with Gasteiger partial charge in [0.15, 0.2) is 0 Å². The Morgan fingerprint density at radius 1 is 0.733 bits per heavy atom. The van der Waals surface area contributed by atoms with Gasteiger partial charge in [0.2, 0.25) is 0 Å². The lowest BCUT2D eigenvalue weighted by Crippen LogP contribution is -2.04. The topological polar surface area (TPSA) is 0 Å². The van der Waals surface area contributed by atoms with Gasteiger partial charge in [-0.05, 0) is 11.1 Å². The van der Waals surface area contributed by atoms with Crippen molar-refractivity contribution in [3.8, 4) is 0 Å². The molecule has 0 spiro atoms. The van der Waals surface area contributed by atoms with Gasteiger partial charge in [-0.25, -0.2) is 0 Å². The van der Waals surface area contributed by atoms with E-state index in [1.165, 1.54) is 16.3 Å². The molecule has 0 fully saturated rings. The summed E-state index contributed by atoms with van der Waals surface area (Å²) in [5.41, 5.74) is 2.59. The van der Waals surface area contributed by atoms with Crippen LogP contribution in [0.1, 0.15) is 11.1 Å². The monoisotopic (exact) mass is 210 g/mol. The van der Waals surface area contributed by atoms with Crippen molar-refractivity contribution in [2.24, 2.45) is 0 Å². The highest BCUT2D eigenvalue weighted by molar-refractivity contribution is 6.34. The third-order valence-electron chi connectivity index (χ3n) is 2.44. The third kappa shape index (κ3) is 2.67. The zero-order valence-electron chi connectivity index (χ0n) is 8.85. The first-order valence-corrected chi connectivity index (χ1v) is 6.15. The Morgan fingerprint density at radius 2 is 1.40 bits per heavy atom. The number of hydrogen-bond acceptors (Lipinski definition) is 0. The minimum atomic E-state index is 1.10. The fraction of sp³-hybridized carbons (Fsp3) is 0. The molecule has 0 saturated carbocycles. The SMILES string of the molecule is [SiH3]c1ccccc1/C=C\c1ccccc1. The predicted molar refractivity (Wildman–Crippen MR) is 71.4 cm³/mol. The molecule has 0 atom stereocenters. The zero-order valence-corrected chi connectivity index (χ0v) is 10.9. The first-order chi connectivity index (χ1) is 7.36. The van der Waals surface area contributed by atoms with Gasteiger partial charge in [-0.3, -0.25) is 0 Å². The summed E-state index contributed by atoms with van der Waals surface area (Å²) >= 11 is 0. The van der Waals surface area contributed by atoms with Crippen LogP contribution in [0.15, 0.2) is 54.6 Å². The molecule has 0 unspecified atom stereocenters. The van der Waals surface area contributed by atoms with E-state index in [1.807, 2.05) is 6.07 Å². The molecule has 74 valence electrons. The van der Waals surface area contributed by atoms with E-state index in [0.717, 1.165) is 10.2 Å². The van der Waals surface area contributed by atoms with E-state index >= 15 is 0 Å². The fourth-order valence-corrected chi connectivity index (χ4v) is 2.05. The maximum atomic E-state index is 2.19. The molecule has 0 N–H and O–H groups in total. The lowest BCUT2D eigenvalue weighted by molar-refractivity contribution is 1.66. The molecule has 0 aliphatic carbocycles. The van der Waals surface area contributed by atoms with E-state index < -0.39 is 0 Å².